The second-order valence-corrected chi connectivity index (χ2v) is 5.79. The first-order valence-electron chi connectivity index (χ1n) is 7.36. The number of hydrogen-bond donors (Lipinski definition) is 1. The average molecular weight is 240 g/mol. The summed E-state index contributed by atoms with van der Waals surface area (Å²) >= 11 is 0. The maximum Gasteiger partial charge on any atom is 0.0586 e. The Labute approximate surface area is 106 Å². The fourth-order valence-corrected chi connectivity index (χ4v) is 3.38. The van der Waals surface area contributed by atoms with Crippen molar-refractivity contribution >= 4 is 0 Å². The van der Waals surface area contributed by atoms with Gasteiger partial charge in [-0.3, -0.25) is 4.90 Å². The van der Waals surface area contributed by atoms with Crippen LogP contribution in [0.1, 0.15) is 44.9 Å². The van der Waals surface area contributed by atoms with Gasteiger partial charge in [0.15, 0.2) is 0 Å². The highest BCUT2D eigenvalue weighted by Crippen LogP contribution is 2.21. The van der Waals surface area contributed by atoms with Crippen molar-refractivity contribution < 1.29 is 5.11 Å². The quantitative estimate of drug-likeness (QED) is 0.810. The zero-order valence-electron chi connectivity index (χ0n) is 11.3. The molecule has 0 aromatic carbocycles. The van der Waals surface area contributed by atoms with Crippen molar-refractivity contribution in [2.24, 2.45) is 0 Å². The molecule has 2 aliphatic heterocycles. The molecule has 1 N–H and O–H groups in total. The minimum absolute atomic E-state index is 0.348. The fourth-order valence-electron chi connectivity index (χ4n) is 3.38. The smallest absolute Gasteiger partial charge is 0.0586 e. The van der Waals surface area contributed by atoms with Crippen molar-refractivity contribution in [3.63, 3.8) is 0 Å². The summed E-state index contributed by atoms with van der Waals surface area (Å²) in [6.07, 6.45) is 9.23. The van der Waals surface area contributed by atoms with E-state index in [9.17, 15) is 5.11 Å². The third kappa shape index (κ3) is 3.67. The van der Waals surface area contributed by atoms with Gasteiger partial charge in [0.1, 0.15) is 0 Å². The van der Waals surface area contributed by atoms with Crippen LogP contribution >= 0.6 is 0 Å². The topological polar surface area (TPSA) is 26.7 Å². The van der Waals surface area contributed by atoms with Crippen LogP contribution < -0.4 is 0 Å². The minimum atomic E-state index is 0.348. The molecule has 17 heavy (non-hydrogen) atoms. The molecule has 3 heteroatoms. The van der Waals surface area contributed by atoms with Crippen molar-refractivity contribution in [3.05, 3.63) is 0 Å². The van der Waals surface area contributed by atoms with Crippen LogP contribution in [-0.4, -0.2) is 60.3 Å². The molecule has 2 aliphatic rings. The standard InChI is InChI=1S/C14H28N2O/c1-15-9-4-2-6-13(15)8-11-16-10-5-3-7-14(16)12-17/h13-14,17H,2-12H2,1H3. The second-order valence-electron chi connectivity index (χ2n) is 5.79. The molecule has 0 amide bonds. The predicted molar refractivity (Wildman–Crippen MR) is 71.2 cm³/mol. The molecular formula is C14H28N2O. The van der Waals surface area contributed by atoms with E-state index < -0.39 is 0 Å². The number of nitrogens with zero attached hydrogens (tertiary/aromatic N) is 2. The summed E-state index contributed by atoms with van der Waals surface area (Å²) in [5.74, 6) is 0. The Hall–Kier alpha value is -0.120. The van der Waals surface area contributed by atoms with Crippen LogP contribution in [0.5, 0.6) is 0 Å². The first kappa shape index (κ1) is 13.3. The van der Waals surface area contributed by atoms with Crippen LogP contribution in [0.25, 0.3) is 0 Å². The Morgan fingerprint density at radius 2 is 1.71 bits per heavy atom. The lowest BCUT2D eigenvalue weighted by atomic mass is 9.98. The van der Waals surface area contributed by atoms with Crippen molar-refractivity contribution in [3.8, 4) is 0 Å². The second kappa shape index (κ2) is 6.72. The van der Waals surface area contributed by atoms with Crippen LogP contribution in [0.4, 0.5) is 0 Å². The van der Waals surface area contributed by atoms with Crippen LogP contribution in [0.15, 0.2) is 0 Å². The Bertz CT molecular complexity index is 222. The summed E-state index contributed by atoms with van der Waals surface area (Å²) < 4.78 is 0. The number of hydrogen-bond acceptors (Lipinski definition) is 3. The number of piperidine rings is 2. The van der Waals surface area contributed by atoms with Gasteiger partial charge >= 0.3 is 0 Å². The van der Waals surface area contributed by atoms with Gasteiger partial charge in [-0.15, -0.1) is 0 Å². The lowest BCUT2D eigenvalue weighted by molar-refractivity contribution is 0.0750. The van der Waals surface area contributed by atoms with Crippen molar-refractivity contribution in [1.82, 2.24) is 9.80 Å². The number of rotatable bonds is 4. The molecule has 2 unspecified atom stereocenters. The molecule has 0 saturated carbocycles. The van der Waals surface area contributed by atoms with Gasteiger partial charge in [0.2, 0.25) is 0 Å². The molecule has 0 radical (unpaired) electrons. The molecule has 0 aliphatic carbocycles. The van der Waals surface area contributed by atoms with E-state index in [0.29, 0.717) is 12.6 Å². The molecule has 0 spiro atoms. The normalized spacial score (nSPS) is 32.8. The summed E-state index contributed by atoms with van der Waals surface area (Å²) in [5.41, 5.74) is 0. The molecule has 2 rings (SSSR count). The summed E-state index contributed by atoms with van der Waals surface area (Å²) in [4.78, 5) is 5.05. The third-order valence-corrected chi connectivity index (χ3v) is 4.63. The molecule has 2 fully saturated rings. The zero-order valence-corrected chi connectivity index (χ0v) is 11.3. The Balaban J connectivity index is 1.75. The highest BCUT2D eigenvalue weighted by Gasteiger charge is 2.24. The molecule has 0 aromatic rings. The number of likely N-dealkylation sites (tertiary alicyclic amines) is 2. The highest BCUT2D eigenvalue weighted by atomic mass is 16.3. The minimum Gasteiger partial charge on any atom is -0.395 e. The van der Waals surface area contributed by atoms with Gasteiger partial charge < -0.3 is 10.0 Å². The summed E-state index contributed by atoms with van der Waals surface area (Å²) in [7, 11) is 2.27. The molecule has 0 aromatic heterocycles. The molecule has 3 nitrogen and oxygen atoms in total. The monoisotopic (exact) mass is 240 g/mol. The van der Waals surface area contributed by atoms with Gasteiger partial charge in [0.05, 0.1) is 6.61 Å². The Morgan fingerprint density at radius 1 is 1.00 bits per heavy atom. The lowest BCUT2D eigenvalue weighted by Crippen LogP contribution is -2.45. The SMILES string of the molecule is CN1CCCCC1CCN1CCCCC1CO. The number of aliphatic hydroxyl groups excluding tert-OH is 1. The number of aliphatic hydroxyl groups is 1. The van der Waals surface area contributed by atoms with E-state index in [-0.39, 0.29) is 0 Å². The lowest BCUT2D eigenvalue weighted by Gasteiger charge is -2.38. The van der Waals surface area contributed by atoms with E-state index in [1.807, 2.05) is 0 Å². The Kier molecular flexibility index (Phi) is 5.26. The van der Waals surface area contributed by atoms with Crippen LogP contribution in [-0.2, 0) is 0 Å². The van der Waals surface area contributed by atoms with E-state index >= 15 is 0 Å². The first-order valence-corrected chi connectivity index (χ1v) is 7.36. The molecule has 2 heterocycles. The maximum atomic E-state index is 9.40. The maximum absolute atomic E-state index is 9.40. The molecule has 2 atom stereocenters. The van der Waals surface area contributed by atoms with E-state index in [0.717, 1.165) is 6.04 Å². The fraction of sp³-hybridized carbons (Fsp3) is 1.00. The van der Waals surface area contributed by atoms with Gasteiger partial charge in [0, 0.05) is 18.6 Å². The van der Waals surface area contributed by atoms with Gasteiger partial charge in [-0.1, -0.05) is 12.8 Å². The molecule has 2 saturated heterocycles. The van der Waals surface area contributed by atoms with Crippen molar-refractivity contribution in [2.75, 3.05) is 33.3 Å². The molecule has 100 valence electrons. The van der Waals surface area contributed by atoms with Crippen molar-refractivity contribution in [2.45, 2.75) is 57.0 Å². The van der Waals surface area contributed by atoms with E-state index in [2.05, 4.69) is 16.8 Å². The van der Waals surface area contributed by atoms with Crippen molar-refractivity contribution in [1.29, 1.82) is 0 Å². The molecule has 0 bridgehead atoms. The van der Waals surface area contributed by atoms with E-state index in [4.69, 9.17) is 0 Å². The zero-order chi connectivity index (χ0) is 12.1. The van der Waals surface area contributed by atoms with Gasteiger partial charge in [-0.2, -0.15) is 0 Å². The van der Waals surface area contributed by atoms with Crippen LogP contribution in [0.3, 0.4) is 0 Å². The highest BCUT2D eigenvalue weighted by molar-refractivity contribution is 4.80. The van der Waals surface area contributed by atoms with Gasteiger partial charge in [0.25, 0.3) is 0 Å². The van der Waals surface area contributed by atoms with E-state index in [1.54, 1.807) is 0 Å². The third-order valence-electron chi connectivity index (χ3n) is 4.63. The first-order chi connectivity index (χ1) is 8.31. The van der Waals surface area contributed by atoms with Gasteiger partial charge in [-0.25, -0.2) is 0 Å². The summed E-state index contributed by atoms with van der Waals surface area (Å²) in [6.45, 7) is 4.00. The largest absolute Gasteiger partial charge is 0.395 e. The molecular weight excluding hydrogens is 212 g/mol. The average Bonchev–Trinajstić information content (AvgIpc) is 2.38. The van der Waals surface area contributed by atoms with E-state index in [1.165, 1.54) is 64.6 Å². The summed E-state index contributed by atoms with van der Waals surface area (Å²) in [5, 5.41) is 9.40. The Morgan fingerprint density at radius 3 is 2.41 bits per heavy atom. The van der Waals surface area contributed by atoms with Gasteiger partial charge in [-0.05, 0) is 52.2 Å². The van der Waals surface area contributed by atoms with Crippen LogP contribution in [0, 0.1) is 0 Å². The predicted octanol–water partition coefficient (Wildman–Crippen LogP) is 1.71. The summed E-state index contributed by atoms with van der Waals surface area (Å²) in [6, 6.07) is 1.22. The van der Waals surface area contributed by atoms with Crippen LogP contribution in [0.2, 0.25) is 0 Å².